The molecule has 0 spiro atoms. The lowest BCUT2D eigenvalue weighted by Gasteiger charge is -2.06. The highest BCUT2D eigenvalue weighted by molar-refractivity contribution is 6.31. The van der Waals surface area contributed by atoms with Crippen molar-refractivity contribution >= 4 is 17.7 Å². The first-order valence-corrected chi connectivity index (χ1v) is 4.96. The maximum atomic E-state index is 11.1. The Morgan fingerprint density at radius 2 is 2.20 bits per heavy atom. The van der Waals surface area contributed by atoms with Crippen molar-refractivity contribution in [2.45, 2.75) is 6.61 Å². The van der Waals surface area contributed by atoms with E-state index in [-0.39, 0.29) is 6.61 Å². The number of nitrogens with one attached hydrogen (secondary N) is 1. The molecule has 1 rings (SSSR count). The van der Waals surface area contributed by atoms with Gasteiger partial charge in [-0.25, -0.2) is 4.79 Å². The minimum absolute atomic E-state index is 0.163. The molecule has 0 aliphatic rings. The molecule has 0 bridgehead atoms. The van der Waals surface area contributed by atoms with Crippen LogP contribution in [0.3, 0.4) is 0 Å². The third-order valence-corrected chi connectivity index (χ3v) is 2.10. The standard InChI is InChI=1S/C10H13ClN2O2/c11-9-4-2-1-3-8(9)7-15-10(14)13-6-5-12/h1-4H,5-7,12H2,(H,13,14). The third-order valence-electron chi connectivity index (χ3n) is 1.73. The summed E-state index contributed by atoms with van der Waals surface area (Å²) in [6.45, 7) is 0.957. The Balaban J connectivity index is 2.37. The molecular formula is C10H13ClN2O2. The number of carbonyl (C=O) groups is 1. The van der Waals surface area contributed by atoms with Crippen molar-refractivity contribution in [2.24, 2.45) is 5.73 Å². The number of carbonyl (C=O) groups excluding carboxylic acids is 1. The van der Waals surface area contributed by atoms with Gasteiger partial charge in [-0.2, -0.15) is 0 Å². The van der Waals surface area contributed by atoms with Crippen LogP contribution in [0.15, 0.2) is 24.3 Å². The molecule has 3 N–H and O–H groups in total. The summed E-state index contributed by atoms with van der Waals surface area (Å²) in [6, 6.07) is 7.21. The molecule has 0 aliphatic heterocycles. The SMILES string of the molecule is NCCNC(=O)OCc1ccccc1Cl. The van der Waals surface area contributed by atoms with Crippen molar-refractivity contribution < 1.29 is 9.53 Å². The van der Waals surface area contributed by atoms with E-state index in [1.54, 1.807) is 12.1 Å². The van der Waals surface area contributed by atoms with Gasteiger partial charge in [0, 0.05) is 23.7 Å². The molecule has 1 amide bonds. The number of amides is 1. The van der Waals surface area contributed by atoms with Crippen LogP contribution in [0.4, 0.5) is 4.79 Å². The molecule has 0 atom stereocenters. The van der Waals surface area contributed by atoms with Crippen molar-refractivity contribution in [3.63, 3.8) is 0 Å². The smallest absolute Gasteiger partial charge is 0.407 e. The number of alkyl carbamates (subject to hydrolysis) is 1. The Morgan fingerprint density at radius 3 is 2.87 bits per heavy atom. The molecular weight excluding hydrogens is 216 g/mol. The molecule has 0 saturated carbocycles. The first-order chi connectivity index (χ1) is 7.24. The lowest BCUT2D eigenvalue weighted by atomic mass is 10.2. The molecule has 0 fully saturated rings. The molecule has 4 nitrogen and oxygen atoms in total. The number of halogens is 1. The summed E-state index contributed by atoms with van der Waals surface area (Å²) >= 11 is 5.88. The van der Waals surface area contributed by atoms with E-state index in [9.17, 15) is 4.79 Å². The number of hydrogen-bond acceptors (Lipinski definition) is 3. The van der Waals surface area contributed by atoms with E-state index in [0.29, 0.717) is 18.1 Å². The fourth-order valence-corrected chi connectivity index (χ4v) is 1.17. The van der Waals surface area contributed by atoms with E-state index < -0.39 is 6.09 Å². The summed E-state index contributed by atoms with van der Waals surface area (Å²) < 4.78 is 4.92. The number of hydrogen-bond donors (Lipinski definition) is 2. The second-order valence-corrected chi connectivity index (χ2v) is 3.29. The summed E-state index contributed by atoms with van der Waals surface area (Å²) in [4.78, 5) is 11.1. The summed E-state index contributed by atoms with van der Waals surface area (Å²) in [7, 11) is 0. The third kappa shape index (κ3) is 4.18. The summed E-state index contributed by atoms with van der Waals surface area (Å²) in [5, 5.41) is 3.08. The van der Waals surface area contributed by atoms with Crippen LogP contribution in [0.25, 0.3) is 0 Å². The highest BCUT2D eigenvalue weighted by Gasteiger charge is 2.03. The fraction of sp³-hybridized carbons (Fsp3) is 0.300. The average molecular weight is 229 g/mol. The predicted octanol–water partition coefficient (Wildman–Crippen LogP) is 1.52. The molecule has 0 saturated heterocycles. The predicted molar refractivity (Wildman–Crippen MR) is 58.7 cm³/mol. The molecule has 15 heavy (non-hydrogen) atoms. The van der Waals surface area contributed by atoms with Crippen molar-refractivity contribution in [2.75, 3.05) is 13.1 Å². The van der Waals surface area contributed by atoms with Gasteiger partial charge in [0.05, 0.1) is 0 Å². The van der Waals surface area contributed by atoms with Gasteiger partial charge in [-0.05, 0) is 6.07 Å². The minimum atomic E-state index is -0.486. The first kappa shape index (κ1) is 11.8. The highest BCUT2D eigenvalue weighted by Crippen LogP contribution is 2.15. The molecule has 0 aliphatic carbocycles. The van der Waals surface area contributed by atoms with Crippen LogP contribution in [-0.4, -0.2) is 19.2 Å². The largest absolute Gasteiger partial charge is 0.445 e. The average Bonchev–Trinajstić information content (AvgIpc) is 2.25. The van der Waals surface area contributed by atoms with Gasteiger partial charge in [-0.3, -0.25) is 0 Å². The Hall–Kier alpha value is -1.26. The summed E-state index contributed by atoms with van der Waals surface area (Å²) in [5.41, 5.74) is 6.00. The molecule has 1 aromatic rings. The van der Waals surface area contributed by atoms with E-state index in [4.69, 9.17) is 22.1 Å². The van der Waals surface area contributed by atoms with Gasteiger partial charge < -0.3 is 15.8 Å². The normalized spacial score (nSPS) is 9.73. The van der Waals surface area contributed by atoms with Gasteiger partial charge in [0.25, 0.3) is 0 Å². The van der Waals surface area contributed by atoms with Crippen molar-refractivity contribution in [3.8, 4) is 0 Å². The van der Waals surface area contributed by atoms with Gasteiger partial charge >= 0.3 is 6.09 Å². The molecule has 0 heterocycles. The molecule has 1 aromatic carbocycles. The highest BCUT2D eigenvalue weighted by atomic mass is 35.5. The van der Waals surface area contributed by atoms with Crippen LogP contribution in [0.5, 0.6) is 0 Å². The number of rotatable bonds is 4. The van der Waals surface area contributed by atoms with Gasteiger partial charge in [0.2, 0.25) is 0 Å². The second kappa shape index (κ2) is 6.27. The number of benzene rings is 1. The molecule has 0 unspecified atom stereocenters. The quantitative estimate of drug-likeness (QED) is 0.822. The van der Waals surface area contributed by atoms with E-state index >= 15 is 0 Å². The number of ether oxygens (including phenoxy) is 1. The zero-order valence-electron chi connectivity index (χ0n) is 8.20. The maximum Gasteiger partial charge on any atom is 0.407 e. The monoisotopic (exact) mass is 228 g/mol. The zero-order valence-corrected chi connectivity index (χ0v) is 8.96. The van der Waals surface area contributed by atoms with Crippen LogP contribution in [0.1, 0.15) is 5.56 Å². The van der Waals surface area contributed by atoms with Crippen LogP contribution in [0, 0.1) is 0 Å². The van der Waals surface area contributed by atoms with Gasteiger partial charge in [0.1, 0.15) is 6.61 Å². The van der Waals surface area contributed by atoms with E-state index in [1.165, 1.54) is 0 Å². The number of nitrogens with two attached hydrogens (primary N) is 1. The van der Waals surface area contributed by atoms with Crippen LogP contribution < -0.4 is 11.1 Å². The fourth-order valence-electron chi connectivity index (χ4n) is 0.984. The molecule has 5 heteroatoms. The summed E-state index contributed by atoms with van der Waals surface area (Å²) in [6.07, 6.45) is -0.486. The topological polar surface area (TPSA) is 64.3 Å². The lowest BCUT2D eigenvalue weighted by Crippen LogP contribution is -2.29. The van der Waals surface area contributed by atoms with Gasteiger partial charge in [-0.15, -0.1) is 0 Å². The molecule has 82 valence electrons. The van der Waals surface area contributed by atoms with Crippen LogP contribution in [0.2, 0.25) is 5.02 Å². The minimum Gasteiger partial charge on any atom is -0.445 e. The zero-order chi connectivity index (χ0) is 11.1. The summed E-state index contributed by atoms with van der Waals surface area (Å²) in [5.74, 6) is 0. The van der Waals surface area contributed by atoms with Crippen molar-refractivity contribution in [3.05, 3.63) is 34.9 Å². The lowest BCUT2D eigenvalue weighted by molar-refractivity contribution is 0.140. The van der Waals surface area contributed by atoms with E-state index in [0.717, 1.165) is 5.56 Å². The van der Waals surface area contributed by atoms with Crippen LogP contribution >= 0.6 is 11.6 Å². The first-order valence-electron chi connectivity index (χ1n) is 4.58. The Kier molecular flexibility index (Phi) is 4.93. The Bertz CT molecular complexity index is 331. The van der Waals surface area contributed by atoms with E-state index in [1.807, 2.05) is 12.1 Å². The maximum absolute atomic E-state index is 11.1. The van der Waals surface area contributed by atoms with E-state index in [2.05, 4.69) is 5.32 Å². The van der Waals surface area contributed by atoms with Crippen molar-refractivity contribution in [1.82, 2.24) is 5.32 Å². The Morgan fingerprint density at radius 1 is 1.47 bits per heavy atom. The Labute approximate surface area is 93.4 Å². The van der Waals surface area contributed by atoms with Crippen molar-refractivity contribution in [1.29, 1.82) is 0 Å². The van der Waals surface area contributed by atoms with Gasteiger partial charge in [-0.1, -0.05) is 29.8 Å². The van der Waals surface area contributed by atoms with Crippen LogP contribution in [-0.2, 0) is 11.3 Å². The van der Waals surface area contributed by atoms with Gasteiger partial charge in [0.15, 0.2) is 0 Å². The second-order valence-electron chi connectivity index (χ2n) is 2.88. The molecule has 0 radical (unpaired) electrons. The molecule has 0 aromatic heterocycles.